The van der Waals surface area contributed by atoms with Crippen LogP contribution in [-0.4, -0.2) is 38.2 Å². The van der Waals surface area contributed by atoms with Crippen molar-refractivity contribution in [2.45, 2.75) is 32.2 Å². The third-order valence-corrected chi connectivity index (χ3v) is 5.89. The number of nitrogens with one attached hydrogen (secondary N) is 2. The van der Waals surface area contributed by atoms with Crippen LogP contribution in [0, 0.1) is 13.8 Å². The van der Waals surface area contributed by atoms with Gasteiger partial charge in [-0.3, -0.25) is 0 Å². The molecule has 2 aromatic rings. The molecule has 0 saturated carbocycles. The van der Waals surface area contributed by atoms with Gasteiger partial charge in [-0.2, -0.15) is 0 Å². The summed E-state index contributed by atoms with van der Waals surface area (Å²) in [7, 11) is -3.35. The molecule has 0 unspecified atom stereocenters. The van der Waals surface area contributed by atoms with Crippen LogP contribution in [0.3, 0.4) is 0 Å². The van der Waals surface area contributed by atoms with Gasteiger partial charge in [0.15, 0.2) is 15.8 Å². The monoisotopic (exact) mass is 570 g/mol. The fourth-order valence-corrected chi connectivity index (χ4v) is 3.58. The number of rotatable bonds is 7. The molecule has 0 aliphatic rings. The van der Waals surface area contributed by atoms with Gasteiger partial charge in [0.25, 0.3) is 0 Å². The maximum atomic E-state index is 12.4. The molecule has 0 radical (unpaired) electrons. The van der Waals surface area contributed by atoms with Crippen LogP contribution >= 0.6 is 39.9 Å². The third-order valence-electron chi connectivity index (χ3n) is 3.63. The standard InChI is InChI=1S/C17H23BrN4O3S.HI/c1-4-19-17(21-11-16-22-12(2)13(3)25-16)20-9-10-26(23,24)15-7-5-14(18)6-8-15;/h5-8H,4,9-11H2,1-3H3,(H2,19,20,21);1H. The van der Waals surface area contributed by atoms with Crippen molar-refractivity contribution < 1.29 is 12.8 Å². The van der Waals surface area contributed by atoms with Crippen molar-refractivity contribution in [1.82, 2.24) is 15.6 Å². The molecule has 0 fully saturated rings. The average Bonchev–Trinajstić information content (AvgIpc) is 2.91. The largest absolute Gasteiger partial charge is 0.444 e. The van der Waals surface area contributed by atoms with E-state index in [-0.39, 0.29) is 42.8 Å². The Hall–Kier alpha value is -1.14. The van der Waals surface area contributed by atoms with Gasteiger partial charge in [0, 0.05) is 17.6 Å². The Kier molecular flexibility index (Phi) is 9.74. The van der Waals surface area contributed by atoms with E-state index in [1.165, 1.54) is 0 Å². The summed E-state index contributed by atoms with van der Waals surface area (Å²) in [6.45, 7) is 6.86. The lowest BCUT2D eigenvalue weighted by molar-refractivity contribution is 0.473. The maximum absolute atomic E-state index is 12.4. The molecule has 1 heterocycles. The van der Waals surface area contributed by atoms with Crippen LogP contribution < -0.4 is 10.6 Å². The molecule has 1 aromatic carbocycles. The highest BCUT2D eigenvalue weighted by molar-refractivity contribution is 14.0. The number of sulfone groups is 1. The predicted octanol–water partition coefficient (Wildman–Crippen LogP) is 3.20. The van der Waals surface area contributed by atoms with Crippen molar-refractivity contribution >= 4 is 55.7 Å². The van der Waals surface area contributed by atoms with E-state index in [4.69, 9.17) is 4.42 Å². The van der Waals surface area contributed by atoms with E-state index in [1.807, 2.05) is 20.8 Å². The van der Waals surface area contributed by atoms with Crippen LogP contribution in [-0.2, 0) is 16.4 Å². The van der Waals surface area contributed by atoms with E-state index >= 15 is 0 Å². The van der Waals surface area contributed by atoms with Gasteiger partial charge >= 0.3 is 0 Å². The molecule has 0 amide bonds. The summed E-state index contributed by atoms with van der Waals surface area (Å²) in [6, 6.07) is 6.61. The Morgan fingerprint density at radius 1 is 1.22 bits per heavy atom. The van der Waals surface area contributed by atoms with Gasteiger partial charge in [0.1, 0.15) is 12.3 Å². The molecule has 2 N–H and O–H groups in total. The van der Waals surface area contributed by atoms with E-state index in [2.05, 4.69) is 36.5 Å². The van der Waals surface area contributed by atoms with E-state index in [0.717, 1.165) is 15.9 Å². The normalized spacial score (nSPS) is 11.8. The molecule has 0 bridgehead atoms. The molecule has 0 spiro atoms. The lowest BCUT2D eigenvalue weighted by Gasteiger charge is -2.11. The Morgan fingerprint density at radius 2 is 1.89 bits per heavy atom. The fraction of sp³-hybridized carbons (Fsp3) is 0.412. The van der Waals surface area contributed by atoms with Crippen LogP contribution in [0.1, 0.15) is 24.3 Å². The van der Waals surface area contributed by atoms with Gasteiger partial charge in [-0.25, -0.2) is 18.4 Å². The summed E-state index contributed by atoms with van der Waals surface area (Å²) in [5, 5.41) is 6.11. The van der Waals surface area contributed by atoms with E-state index in [1.54, 1.807) is 24.3 Å². The highest BCUT2D eigenvalue weighted by Gasteiger charge is 2.14. The Balaban J connectivity index is 0.00000364. The molecule has 0 saturated heterocycles. The number of aryl methyl sites for hydroxylation is 2. The van der Waals surface area contributed by atoms with E-state index in [0.29, 0.717) is 23.3 Å². The molecule has 0 atom stereocenters. The highest BCUT2D eigenvalue weighted by atomic mass is 127. The Bertz CT molecular complexity index is 847. The van der Waals surface area contributed by atoms with Crippen molar-refractivity contribution in [3.8, 4) is 0 Å². The second kappa shape index (κ2) is 11.0. The summed E-state index contributed by atoms with van der Waals surface area (Å²) in [4.78, 5) is 8.96. The van der Waals surface area contributed by atoms with Crippen LogP contribution in [0.5, 0.6) is 0 Å². The summed E-state index contributed by atoms with van der Waals surface area (Å²) in [6.07, 6.45) is 0. The summed E-state index contributed by atoms with van der Waals surface area (Å²) in [5.41, 5.74) is 0.841. The first-order valence-corrected chi connectivity index (χ1v) is 10.7. The second-order valence-electron chi connectivity index (χ2n) is 5.64. The van der Waals surface area contributed by atoms with Gasteiger partial charge < -0.3 is 15.1 Å². The Morgan fingerprint density at radius 3 is 2.44 bits per heavy atom. The molecular formula is C17H24BrIN4O3S. The highest BCUT2D eigenvalue weighted by Crippen LogP contribution is 2.15. The van der Waals surface area contributed by atoms with Crippen molar-refractivity contribution in [3.05, 3.63) is 46.1 Å². The van der Waals surface area contributed by atoms with Gasteiger partial charge in [0.05, 0.1) is 16.3 Å². The molecule has 0 aliphatic carbocycles. The van der Waals surface area contributed by atoms with Gasteiger partial charge in [0.2, 0.25) is 5.89 Å². The molecule has 7 nitrogen and oxygen atoms in total. The number of hydrogen-bond donors (Lipinski definition) is 2. The van der Waals surface area contributed by atoms with Crippen molar-refractivity contribution in [3.63, 3.8) is 0 Å². The van der Waals surface area contributed by atoms with Crippen molar-refractivity contribution in [1.29, 1.82) is 0 Å². The van der Waals surface area contributed by atoms with Crippen LogP contribution in [0.15, 0.2) is 43.0 Å². The summed E-state index contributed by atoms with van der Waals surface area (Å²) < 4.78 is 31.1. The second-order valence-corrected chi connectivity index (χ2v) is 8.67. The fourth-order valence-electron chi connectivity index (χ4n) is 2.16. The number of hydrogen-bond acceptors (Lipinski definition) is 5. The quantitative estimate of drug-likeness (QED) is 0.301. The number of aliphatic imine (C=N–C) groups is 1. The average molecular weight is 571 g/mol. The number of nitrogens with zero attached hydrogens (tertiary/aromatic N) is 2. The first-order chi connectivity index (χ1) is 12.3. The molecule has 150 valence electrons. The van der Waals surface area contributed by atoms with E-state index in [9.17, 15) is 8.42 Å². The van der Waals surface area contributed by atoms with Gasteiger partial charge in [-0.1, -0.05) is 15.9 Å². The number of halogens is 2. The SMILES string of the molecule is CCNC(=NCc1nc(C)c(C)o1)NCCS(=O)(=O)c1ccc(Br)cc1.I. The summed E-state index contributed by atoms with van der Waals surface area (Å²) >= 11 is 3.30. The molecule has 10 heteroatoms. The lowest BCUT2D eigenvalue weighted by Crippen LogP contribution is -2.39. The zero-order chi connectivity index (χ0) is 19.2. The lowest BCUT2D eigenvalue weighted by atomic mass is 10.4. The van der Waals surface area contributed by atoms with Crippen molar-refractivity contribution in [2.24, 2.45) is 4.99 Å². The zero-order valence-electron chi connectivity index (χ0n) is 15.5. The topological polar surface area (TPSA) is 96.6 Å². The minimum Gasteiger partial charge on any atom is -0.444 e. The van der Waals surface area contributed by atoms with Gasteiger partial charge in [-0.15, -0.1) is 24.0 Å². The number of aromatic nitrogens is 1. The third kappa shape index (κ3) is 7.41. The first kappa shape index (κ1) is 23.9. The summed E-state index contributed by atoms with van der Waals surface area (Å²) in [5.74, 6) is 1.79. The van der Waals surface area contributed by atoms with E-state index < -0.39 is 9.84 Å². The van der Waals surface area contributed by atoms with Crippen LogP contribution in [0.25, 0.3) is 0 Å². The number of benzene rings is 1. The van der Waals surface area contributed by atoms with Crippen LogP contribution in [0.2, 0.25) is 0 Å². The zero-order valence-corrected chi connectivity index (χ0v) is 20.2. The Labute approximate surface area is 185 Å². The first-order valence-electron chi connectivity index (χ1n) is 8.25. The maximum Gasteiger partial charge on any atom is 0.216 e. The molecule has 0 aliphatic heterocycles. The molecular weight excluding hydrogens is 547 g/mol. The molecule has 2 rings (SSSR count). The minimum absolute atomic E-state index is 0. The van der Waals surface area contributed by atoms with Crippen LogP contribution in [0.4, 0.5) is 0 Å². The molecule has 27 heavy (non-hydrogen) atoms. The molecule has 1 aromatic heterocycles. The number of oxazole rings is 1. The smallest absolute Gasteiger partial charge is 0.216 e. The number of guanidine groups is 1. The predicted molar refractivity (Wildman–Crippen MR) is 120 cm³/mol. The minimum atomic E-state index is -3.35. The van der Waals surface area contributed by atoms with Gasteiger partial charge in [-0.05, 0) is 45.0 Å². The van der Waals surface area contributed by atoms with Crippen molar-refractivity contribution in [2.75, 3.05) is 18.8 Å².